The molecular formula is C8H17NO2S. The Morgan fingerprint density at radius 2 is 2.00 bits per heavy atom. The summed E-state index contributed by atoms with van der Waals surface area (Å²) < 4.78 is 22.7. The number of nitrogens with two attached hydrogens (primary N) is 1. The molecule has 3 nitrogen and oxygen atoms in total. The van der Waals surface area contributed by atoms with E-state index in [0.717, 1.165) is 25.7 Å². The molecule has 1 atom stereocenters. The molecule has 0 spiro atoms. The minimum Gasteiger partial charge on any atom is -0.329 e. The smallest absolute Gasteiger partial charge is 0.156 e. The molecule has 1 saturated heterocycles. The summed E-state index contributed by atoms with van der Waals surface area (Å²) in [4.78, 5) is 0. The van der Waals surface area contributed by atoms with Crippen LogP contribution in [0.1, 0.15) is 32.6 Å². The van der Waals surface area contributed by atoms with Crippen molar-refractivity contribution in [1.82, 2.24) is 0 Å². The average Bonchev–Trinajstić information content (AvgIpc) is 2.13. The summed E-state index contributed by atoms with van der Waals surface area (Å²) in [5, 5.41) is 0. The topological polar surface area (TPSA) is 60.2 Å². The van der Waals surface area contributed by atoms with E-state index in [1.807, 2.05) is 0 Å². The zero-order chi connectivity index (χ0) is 9.24. The van der Waals surface area contributed by atoms with E-state index in [2.05, 4.69) is 0 Å². The van der Waals surface area contributed by atoms with E-state index >= 15 is 0 Å². The fraction of sp³-hybridized carbons (Fsp3) is 1.00. The number of rotatable bonds is 1. The first-order valence-corrected chi connectivity index (χ1v) is 6.09. The Balaban J connectivity index is 2.94. The first kappa shape index (κ1) is 9.99. The van der Waals surface area contributed by atoms with Gasteiger partial charge in [-0.05, 0) is 19.8 Å². The third-order valence-corrected chi connectivity index (χ3v) is 5.50. The zero-order valence-corrected chi connectivity index (χ0v) is 8.36. The van der Waals surface area contributed by atoms with E-state index in [1.165, 1.54) is 0 Å². The van der Waals surface area contributed by atoms with Crippen molar-refractivity contribution in [3.05, 3.63) is 0 Å². The molecule has 0 radical (unpaired) electrons. The highest BCUT2D eigenvalue weighted by atomic mass is 32.2. The van der Waals surface area contributed by atoms with Crippen LogP contribution in [-0.2, 0) is 9.84 Å². The van der Waals surface area contributed by atoms with Crippen molar-refractivity contribution in [2.24, 2.45) is 5.73 Å². The standard InChI is InChI=1S/C8H17NO2S/c1-8(7-9)5-3-2-4-6-12(8,10)11/h2-7,9H2,1H3. The molecule has 0 aromatic heterocycles. The molecule has 0 saturated carbocycles. The molecule has 1 unspecified atom stereocenters. The maximum atomic E-state index is 11.7. The van der Waals surface area contributed by atoms with E-state index in [0.29, 0.717) is 5.75 Å². The van der Waals surface area contributed by atoms with E-state index in [4.69, 9.17) is 5.73 Å². The van der Waals surface area contributed by atoms with Gasteiger partial charge in [0.25, 0.3) is 0 Å². The van der Waals surface area contributed by atoms with Crippen LogP contribution in [0.25, 0.3) is 0 Å². The van der Waals surface area contributed by atoms with Crippen molar-refractivity contribution in [3.63, 3.8) is 0 Å². The van der Waals surface area contributed by atoms with Crippen LogP contribution in [-0.4, -0.2) is 25.5 Å². The largest absolute Gasteiger partial charge is 0.329 e. The molecular weight excluding hydrogens is 174 g/mol. The molecule has 2 N–H and O–H groups in total. The van der Waals surface area contributed by atoms with Crippen LogP contribution in [0.15, 0.2) is 0 Å². The van der Waals surface area contributed by atoms with Gasteiger partial charge in [0, 0.05) is 6.54 Å². The van der Waals surface area contributed by atoms with Crippen LogP contribution in [0.5, 0.6) is 0 Å². The molecule has 4 heteroatoms. The highest BCUT2D eigenvalue weighted by molar-refractivity contribution is 7.92. The molecule has 1 heterocycles. The summed E-state index contributed by atoms with van der Waals surface area (Å²) >= 11 is 0. The van der Waals surface area contributed by atoms with Gasteiger partial charge >= 0.3 is 0 Å². The zero-order valence-electron chi connectivity index (χ0n) is 7.54. The minimum absolute atomic E-state index is 0.259. The van der Waals surface area contributed by atoms with Crippen LogP contribution < -0.4 is 5.73 Å². The summed E-state index contributed by atoms with van der Waals surface area (Å²) in [5.74, 6) is 0.320. The lowest BCUT2D eigenvalue weighted by atomic mass is 10.0. The second-order valence-corrected chi connectivity index (χ2v) is 6.41. The second-order valence-electron chi connectivity index (χ2n) is 3.78. The predicted molar refractivity (Wildman–Crippen MR) is 49.7 cm³/mol. The molecule has 0 amide bonds. The fourth-order valence-corrected chi connectivity index (χ4v) is 3.38. The van der Waals surface area contributed by atoms with E-state index in [-0.39, 0.29) is 6.54 Å². The molecule has 0 bridgehead atoms. The normalized spacial score (nSPS) is 35.8. The Morgan fingerprint density at radius 3 is 2.58 bits per heavy atom. The SMILES string of the molecule is CC1(CN)CCCCCS1(=O)=O. The highest BCUT2D eigenvalue weighted by Crippen LogP contribution is 2.28. The van der Waals surface area contributed by atoms with Crippen molar-refractivity contribution < 1.29 is 8.42 Å². The Hall–Kier alpha value is -0.0900. The summed E-state index contributed by atoms with van der Waals surface area (Å²) in [7, 11) is -2.93. The first-order valence-electron chi connectivity index (χ1n) is 4.44. The molecule has 1 aliphatic rings. The molecule has 0 aromatic rings. The van der Waals surface area contributed by atoms with Gasteiger partial charge in [-0.25, -0.2) is 8.42 Å². The third kappa shape index (κ3) is 1.64. The van der Waals surface area contributed by atoms with Gasteiger partial charge in [-0.15, -0.1) is 0 Å². The highest BCUT2D eigenvalue weighted by Gasteiger charge is 2.38. The van der Waals surface area contributed by atoms with Crippen LogP contribution in [0.2, 0.25) is 0 Å². The van der Waals surface area contributed by atoms with Gasteiger partial charge in [-0.2, -0.15) is 0 Å². The van der Waals surface area contributed by atoms with Crippen LogP contribution in [0, 0.1) is 0 Å². The number of hydrogen-bond acceptors (Lipinski definition) is 3. The van der Waals surface area contributed by atoms with Crippen molar-refractivity contribution in [3.8, 4) is 0 Å². The Labute approximate surface area is 74.3 Å². The number of sulfone groups is 1. The Bertz CT molecular complexity index is 248. The van der Waals surface area contributed by atoms with Crippen molar-refractivity contribution in [2.45, 2.75) is 37.4 Å². The Morgan fingerprint density at radius 1 is 1.33 bits per heavy atom. The van der Waals surface area contributed by atoms with E-state index < -0.39 is 14.6 Å². The quantitative estimate of drug-likeness (QED) is 0.663. The second kappa shape index (κ2) is 3.34. The van der Waals surface area contributed by atoms with Gasteiger partial charge in [-0.1, -0.05) is 12.8 Å². The lowest BCUT2D eigenvalue weighted by Crippen LogP contribution is -2.43. The number of hydrogen-bond donors (Lipinski definition) is 1. The molecule has 0 aliphatic carbocycles. The maximum absolute atomic E-state index is 11.7. The van der Waals surface area contributed by atoms with Crippen molar-refractivity contribution in [2.75, 3.05) is 12.3 Å². The first-order chi connectivity index (χ1) is 5.52. The lowest BCUT2D eigenvalue weighted by Gasteiger charge is -2.25. The van der Waals surface area contributed by atoms with Gasteiger partial charge < -0.3 is 5.73 Å². The molecule has 12 heavy (non-hydrogen) atoms. The van der Waals surface area contributed by atoms with Gasteiger partial charge in [0.05, 0.1) is 10.5 Å². The van der Waals surface area contributed by atoms with Crippen LogP contribution >= 0.6 is 0 Å². The average molecular weight is 191 g/mol. The van der Waals surface area contributed by atoms with Crippen molar-refractivity contribution in [1.29, 1.82) is 0 Å². The van der Waals surface area contributed by atoms with Gasteiger partial charge in [0.15, 0.2) is 9.84 Å². The van der Waals surface area contributed by atoms with Gasteiger partial charge in [0.2, 0.25) is 0 Å². The molecule has 0 aromatic carbocycles. The van der Waals surface area contributed by atoms with E-state index in [9.17, 15) is 8.42 Å². The molecule has 1 fully saturated rings. The molecule has 1 aliphatic heterocycles. The maximum Gasteiger partial charge on any atom is 0.156 e. The summed E-state index contributed by atoms with van der Waals surface area (Å²) in [6.45, 7) is 2.03. The summed E-state index contributed by atoms with van der Waals surface area (Å²) in [6.07, 6.45) is 3.55. The molecule has 72 valence electrons. The Kier molecular flexibility index (Phi) is 2.78. The summed E-state index contributed by atoms with van der Waals surface area (Å²) in [5.41, 5.74) is 5.50. The van der Waals surface area contributed by atoms with Crippen LogP contribution in [0.3, 0.4) is 0 Å². The van der Waals surface area contributed by atoms with Crippen LogP contribution in [0.4, 0.5) is 0 Å². The lowest BCUT2D eigenvalue weighted by molar-refractivity contribution is 0.507. The van der Waals surface area contributed by atoms with E-state index in [1.54, 1.807) is 6.92 Å². The minimum atomic E-state index is -2.93. The molecule has 1 rings (SSSR count). The third-order valence-electron chi connectivity index (χ3n) is 2.80. The fourth-order valence-electron chi connectivity index (χ4n) is 1.60. The van der Waals surface area contributed by atoms with Gasteiger partial charge in [0.1, 0.15) is 0 Å². The summed E-state index contributed by atoms with van der Waals surface area (Å²) in [6, 6.07) is 0. The van der Waals surface area contributed by atoms with Crippen molar-refractivity contribution >= 4 is 9.84 Å². The monoisotopic (exact) mass is 191 g/mol. The van der Waals surface area contributed by atoms with Gasteiger partial charge in [-0.3, -0.25) is 0 Å². The predicted octanol–water partition coefficient (Wildman–Crippen LogP) is 0.693.